The molecule has 0 saturated heterocycles. The monoisotopic (exact) mass is 290 g/mol. The van der Waals surface area contributed by atoms with Crippen LogP contribution in [0.2, 0.25) is 0 Å². The number of nitrogens with one attached hydrogen (secondary N) is 1. The molecular weight excluding hydrogens is 260 g/mol. The van der Waals surface area contributed by atoms with E-state index in [1.807, 2.05) is 0 Å². The number of aryl methyl sites for hydroxylation is 2. The van der Waals surface area contributed by atoms with Gasteiger partial charge in [0.25, 0.3) is 0 Å². The van der Waals surface area contributed by atoms with E-state index in [2.05, 4.69) is 47.9 Å². The minimum Gasteiger partial charge on any atom is -0.359 e. The maximum absolute atomic E-state index is 4.64. The van der Waals surface area contributed by atoms with Crippen LogP contribution in [0.25, 0.3) is 0 Å². The summed E-state index contributed by atoms with van der Waals surface area (Å²) >= 11 is 0. The zero-order valence-electron chi connectivity index (χ0n) is 14.0. The second kappa shape index (κ2) is 5.99. The van der Waals surface area contributed by atoms with Gasteiger partial charge in [0.15, 0.2) is 0 Å². The number of hydrogen-bond donors (Lipinski definition) is 1. The number of nitrogens with zero attached hydrogens (tertiary/aromatic N) is 3. The Labute approximate surface area is 128 Å². The Morgan fingerprint density at radius 2 is 2.14 bits per heavy atom. The van der Waals surface area contributed by atoms with Crippen molar-refractivity contribution in [1.82, 2.24) is 15.1 Å². The van der Waals surface area contributed by atoms with Crippen molar-refractivity contribution in [1.29, 1.82) is 0 Å². The standard InChI is InChI=1S/C17H30N4/c1-5-18-10-16-12(2)19-21(4)17(16)20(3)11-15-9-13-6-7-14(15)8-13/h13-15,18H,5-11H2,1-4H3. The maximum atomic E-state index is 4.64. The smallest absolute Gasteiger partial charge is 0.131 e. The summed E-state index contributed by atoms with van der Waals surface area (Å²) in [4.78, 5) is 2.46. The molecule has 3 unspecified atom stereocenters. The van der Waals surface area contributed by atoms with E-state index in [1.165, 1.54) is 43.6 Å². The first-order chi connectivity index (χ1) is 10.1. The molecule has 0 aliphatic heterocycles. The number of anilines is 1. The van der Waals surface area contributed by atoms with Gasteiger partial charge in [-0.2, -0.15) is 5.10 Å². The first-order valence-corrected chi connectivity index (χ1v) is 8.54. The summed E-state index contributed by atoms with van der Waals surface area (Å²) in [6.07, 6.45) is 5.90. The summed E-state index contributed by atoms with van der Waals surface area (Å²) in [5, 5.41) is 8.10. The Morgan fingerprint density at radius 1 is 1.33 bits per heavy atom. The first kappa shape index (κ1) is 14.9. The molecule has 0 spiro atoms. The van der Waals surface area contributed by atoms with Crippen molar-refractivity contribution >= 4 is 5.82 Å². The molecule has 4 nitrogen and oxygen atoms in total. The zero-order chi connectivity index (χ0) is 15.0. The van der Waals surface area contributed by atoms with Crippen LogP contribution in [0.15, 0.2) is 0 Å². The van der Waals surface area contributed by atoms with E-state index in [0.29, 0.717) is 0 Å². The largest absolute Gasteiger partial charge is 0.359 e. The number of fused-ring (bicyclic) bond motifs is 2. The molecule has 1 aromatic heterocycles. The number of hydrogen-bond acceptors (Lipinski definition) is 3. The van der Waals surface area contributed by atoms with Gasteiger partial charge in [0.2, 0.25) is 0 Å². The fourth-order valence-electron chi connectivity index (χ4n) is 4.66. The van der Waals surface area contributed by atoms with Gasteiger partial charge in [0, 0.05) is 32.7 Å². The van der Waals surface area contributed by atoms with Gasteiger partial charge < -0.3 is 10.2 Å². The van der Waals surface area contributed by atoms with Crippen molar-refractivity contribution in [2.45, 2.75) is 46.1 Å². The van der Waals surface area contributed by atoms with Crippen molar-refractivity contribution in [2.24, 2.45) is 24.8 Å². The maximum Gasteiger partial charge on any atom is 0.131 e. The van der Waals surface area contributed by atoms with E-state index in [4.69, 9.17) is 0 Å². The van der Waals surface area contributed by atoms with Crippen LogP contribution in [0.1, 0.15) is 43.9 Å². The Balaban J connectivity index is 1.73. The fraction of sp³-hybridized carbons (Fsp3) is 0.824. The minimum atomic E-state index is 0.899. The van der Waals surface area contributed by atoms with E-state index in [0.717, 1.165) is 36.5 Å². The van der Waals surface area contributed by atoms with Crippen molar-refractivity contribution < 1.29 is 0 Å². The molecule has 21 heavy (non-hydrogen) atoms. The highest BCUT2D eigenvalue weighted by atomic mass is 15.4. The third-order valence-corrected chi connectivity index (χ3v) is 5.62. The fourth-order valence-corrected chi connectivity index (χ4v) is 4.66. The van der Waals surface area contributed by atoms with Gasteiger partial charge >= 0.3 is 0 Å². The molecule has 0 radical (unpaired) electrons. The molecule has 4 heteroatoms. The van der Waals surface area contributed by atoms with Gasteiger partial charge in [-0.05, 0) is 50.5 Å². The van der Waals surface area contributed by atoms with Gasteiger partial charge in [-0.15, -0.1) is 0 Å². The SMILES string of the molecule is CCNCc1c(C)nn(C)c1N(C)CC1CC2CCC1C2. The lowest BCUT2D eigenvalue weighted by Crippen LogP contribution is -2.31. The van der Waals surface area contributed by atoms with E-state index < -0.39 is 0 Å². The second-order valence-electron chi connectivity index (χ2n) is 7.11. The summed E-state index contributed by atoms with van der Waals surface area (Å²) in [5.74, 6) is 4.22. The number of rotatable bonds is 6. The topological polar surface area (TPSA) is 33.1 Å². The molecule has 2 bridgehead atoms. The highest BCUT2D eigenvalue weighted by molar-refractivity contribution is 5.49. The third-order valence-electron chi connectivity index (χ3n) is 5.62. The average molecular weight is 290 g/mol. The molecule has 1 heterocycles. The van der Waals surface area contributed by atoms with Gasteiger partial charge in [-0.1, -0.05) is 13.3 Å². The van der Waals surface area contributed by atoms with Crippen LogP contribution < -0.4 is 10.2 Å². The van der Waals surface area contributed by atoms with Gasteiger partial charge in [-0.3, -0.25) is 4.68 Å². The molecule has 2 aliphatic carbocycles. The van der Waals surface area contributed by atoms with Crippen LogP contribution in [-0.4, -0.2) is 29.9 Å². The van der Waals surface area contributed by atoms with Crippen molar-refractivity contribution in [2.75, 3.05) is 25.0 Å². The molecule has 2 aliphatic rings. The van der Waals surface area contributed by atoms with Crippen molar-refractivity contribution in [3.63, 3.8) is 0 Å². The molecular formula is C17H30N4. The van der Waals surface area contributed by atoms with Crippen LogP contribution in [-0.2, 0) is 13.6 Å². The highest BCUT2D eigenvalue weighted by Gasteiger charge is 2.40. The lowest BCUT2D eigenvalue weighted by molar-refractivity contribution is 0.336. The Morgan fingerprint density at radius 3 is 2.76 bits per heavy atom. The van der Waals surface area contributed by atoms with E-state index in [-0.39, 0.29) is 0 Å². The predicted molar refractivity (Wildman–Crippen MR) is 87.5 cm³/mol. The van der Waals surface area contributed by atoms with Crippen LogP contribution in [0.4, 0.5) is 5.82 Å². The van der Waals surface area contributed by atoms with E-state index in [1.54, 1.807) is 0 Å². The minimum absolute atomic E-state index is 0.899. The van der Waals surface area contributed by atoms with Gasteiger partial charge in [0.05, 0.1) is 5.69 Å². The normalized spacial score (nSPS) is 27.5. The van der Waals surface area contributed by atoms with Crippen LogP contribution in [0.3, 0.4) is 0 Å². The Hall–Kier alpha value is -1.03. The molecule has 0 aromatic carbocycles. The second-order valence-corrected chi connectivity index (χ2v) is 7.11. The lowest BCUT2D eigenvalue weighted by Gasteiger charge is -2.29. The molecule has 1 aromatic rings. The Kier molecular flexibility index (Phi) is 4.25. The van der Waals surface area contributed by atoms with E-state index >= 15 is 0 Å². The average Bonchev–Trinajstić information content (AvgIpc) is 3.11. The lowest BCUT2D eigenvalue weighted by atomic mass is 9.88. The van der Waals surface area contributed by atoms with Gasteiger partial charge in [-0.25, -0.2) is 0 Å². The first-order valence-electron chi connectivity index (χ1n) is 8.54. The van der Waals surface area contributed by atoms with Crippen molar-refractivity contribution in [3.8, 4) is 0 Å². The van der Waals surface area contributed by atoms with Crippen LogP contribution >= 0.6 is 0 Å². The highest BCUT2D eigenvalue weighted by Crippen LogP contribution is 2.48. The summed E-state index contributed by atoms with van der Waals surface area (Å²) < 4.78 is 2.06. The quantitative estimate of drug-likeness (QED) is 0.874. The molecule has 3 atom stereocenters. The molecule has 3 rings (SSSR count). The zero-order valence-corrected chi connectivity index (χ0v) is 14.0. The van der Waals surface area contributed by atoms with Gasteiger partial charge in [0.1, 0.15) is 5.82 Å². The molecule has 2 fully saturated rings. The summed E-state index contributed by atoms with van der Waals surface area (Å²) in [6.45, 7) is 7.40. The molecule has 118 valence electrons. The van der Waals surface area contributed by atoms with Crippen LogP contribution in [0, 0.1) is 24.7 Å². The summed E-state index contributed by atoms with van der Waals surface area (Å²) in [6, 6.07) is 0. The Bertz CT molecular complexity index is 493. The summed E-state index contributed by atoms with van der Waals surface area (Å²) in [5.41, 5.74) is 2.53. The molecule has 1 N–H and O–H groups in total. The van der Waals surface area contributed by atoms with E-state index in [9.17, 15) is 0 Å². The van der Waals surface area contributed by atoms with Crippen molar-refractivity contribution in [3.05, 3.63) is 11.3 Å². The number of aromatic nitrogens is 2. The van der Waals surface area contributed by atoms with Crippen LogP contribution in [0.5, 0.6) is 0 Å². The predicted octanol–water partition coefficient (Wildman–Crippen LogP) is 2.71. The molecule has 0 amide bonds. The summed E-state index contributed by atoms with van der Waals surface area (Å²) in [7, 11) is 4.33. The third kappa shape index (κ3) is 2.83. The molecule has 2 saturated carbocycles.